The average Bonchev–Trinajstić information content (AvgIpc) is 2.37. The van der Waals surface area contributed by atoms with E-state index in [9.17, 15) is 0 Å². The molecule has 1 heterocycles. The van der Waals surface area contributed by atoms with Gasteiger partial charge in [0.15, 0.2) is 0 Å². The summed E-state index contributed by atoms with van der Waals surface area (Å²) in [5.74, 6) is 1.95. The summed E-state index contributed by atoms with van der Waals surface area (Å²) in [6.07, 6.45) is 2.77. The summed E-state index contributed by atoms with van der Waals surface area (Å²) >= 11 is 0. The van der Waals surface area contributed by atoms with Gasteiger partial charge < -0.3 is 9.64 Å². The molecule has 0 spiro atoms. The molecule has 2 rings (SSSR count). The van der Waals surface area contributed by atoms with E-state index in [1.807, 2.05) is 0 Å². The van der Waals surface area contributed by atoms with Crippen molar-refractivity contribution in [1.29, 1.82) is 0 Å². The summed E-state index contributed by atoms with van der Waals surface area (Å²) in [5.41, 5.74) is 2.72. The van der Waals surface area contributed by atoms with Crippen molar-refractivity contribution in [2.75, 3.05) is 26.2 Å². The smallest absolute Gasteiger partial charge is 0.137 e. The zero-order chi connectivity index (χ0) is 15.5. The van der Waals surface area contributed by atoms with Gasteiger partial charge in [0.2, 0.25) is 0 Å². The Labute approximate surface area is 130 Å². The first kappa shape index (κ1) is 16.4. The minimum atomic E-state index is 0.134. The quantitative estimate of drug-likeness (QED) is 0.900. The number of likely N-dealkylation sites (tertiary alicyclic amines) is 1. The Morgan fingerprint density at radius 2 is 2.05 bits per heavy atom. The molecule has 0 radical (unpaired) electrons. The molecular weight excluding hydrogens is 258 g/mol. The van der Waals surface area contributed by atoms with Crippen LogP contribution in [0.3, 0.4) is 0 Å². The Kier molecular flexibility index (Phi) is 5.32. The molecule has 2 atom stereocenters. The van der Waals surface area contributed by atoms with Gasteiger partial charge in [-0.25, -0.2) is 0 Å². The van der Waals surface area contributed by atoms with E-state index in [1.54, 1.807) is 4.90 Å². The molecule has 0 bridgehead atoms. The Morgan fingerprint density at radius 3 is 2.71 bits per heavy atom. The maximum atomic E-state index is 6.16. The number of hydrogen-bond acceptors (Lipinski definition) is 1. The first-order valence-electron chi connectivity index (χ1n) is 8.44. The monoisotopic (exact) mass is 290 g/mol. The third kappa shape index (κ3) is 4.74. The lowest BCUT2D eigenvalue weighted by Crippen LogP contribution is -3.14. The van der Waals surface area contributed by atoms with Crippen molar-refractivity contribution < 1.29 is 9.64 Å². The molecule has 2 nitrogen and oxygen atoms in total. The van der Waals surface area contributed by atoms with Crippen molar-refractivity contribution in [1.82, 2.24) is 0 Å². The number of nitrogens with one attached hydrogen (secondary N) is 1. The highest BCUT2D eigenvalue weighted by Crippen LogP contribution is 2.31. The summed E-state index contributed by atoms with van der Waals surface area (Å²) in [7, 11) is 0. The lowest BCUT2D eigenvalue weighted by Gasteiger charge is -2.28. The maximum absolute atomic E-state index is 6.16. The van der Waals surface area contributed by atoms with E-state index in [0.29, 0.717) is 0 Å². The SMILES string of the molecule is Cc1ccc(C(C)(C)C)c(OCC[NH+]2CCC[C@H](C)C2)c1. The molecule has 1 aliphatic heterocycles. The number of rotatable bonds is 4. The van der Waals surface area contributed by atoms with Gasteiger partial charge in [0.1, 0.15) is 18.9 Å². The van der Waals surface area contributed by atoms with E-state index in [1.165, 1.54) is 37.1 Å². The van der Waals surface area contributed by atoms with Crippen molar-refractivity contribution in [3.05, 3.63) is 29.3 Å². The van der Waals surface area contributed by atoms with E-state index in [2.05, 4.69) is 52.8 Å². The van der Waals surface area contributed by atoms with Gasteiger partial charge in [-0.3, -0.25) is 0 Å². The fraction of sp³-hybridized carbons (Fsp3) is 0.684. The van der Waals surface area contributed by atoms with Crippen LogP contribution >= 0.6 is 0 Å². The lowest BCUT2D eigenvalue weighted by molar-refractivity contribution is -0.908. The molecule has 2 heteroatoms. The van der Waals surface area contributed by atoms with Crippen LogP contribution in [0.2, 0.25) is 0 Å². The van der Waals surface area contributed by atoms with Gasteiger partial charge in [-0.1, -0.05) is 39.8 Å². The largest absolute Gasteiger partial charge is 0.487 e. The number of piperidine rings is 1. The highest BCUT2D eigenvalue weighted by atomic mass is 16.5. The maximum Gasteiger partial charge on any atom is 0.137 e. The standard InChI is InChI=1S/C19H31NO/c1-15-8-9-17(19(3,4)5)18(13-15)21-12-11-20-10-6-7-16(2)14-20/h8-9,13,16H,6-7,10-12,14H2,1-5H3/p+1/t16-/m0/s1. The Balaban J connectivity index is 1.95. The number of hydrogen-bond donors (Lipinski definition) is 1. The third-order valence-corrected chi connectivity index (χ3v) is 4.52. The summed E-state index contributed by atoms with van der Waals surface area (Å²) in [4.78, 5) is 1.71. The van der Waals surface area contributed by atoms with Gasteiger partial charge in [0, 0.05) is 5.92 Å². The molecule has 0 amide bonds. The average molecular weight is 290 g/mol. The third-order valence-electron chi connectivity index (χ3n) is 4.52. The molecule has 1 N–H and O–H groups in total. The van der Waals surface area contributed by atoms with Crippen molar-refractivity contribution >= 4 is 0 Å². The van der Waals surface area contributed by atoms with Crippen molar-refractivity contribution in [2.24, 2.45) is 5.92 Å². The minimum absolute atomic E-state index is 0.134. The van der Waals surface area contributed by atoms with Crippen LogP contribution in [0.25, 0.3) is 0 Å². The topological polar surface area (TPSA) is 13.7 Å². The molecule has 1 aromatic rings. The van der Waals surface area contributed by atoms with E-state index in [-0.39, 0.29) is 5.41 Å². The Bertz CT molecular complexity index is 461. The zero-order valence-electron chi connectivity index (χ0n) is 14.5. The van der Waals surface area contributed by atoms with Crippen LogP contribution in [0, 0.1) is 12.8 Å². The fourth-order valence-corrected chi connectivity index (χ4v) is 3.30. The highest BCUT2D eigenvalue weighted by molar-refractivity contribution is 5.41. The first-order valence-corrected chi connectivity index (χ1v) is 8.44. The predicted molar refractivity (Wildman–Crippen MR) is 89.3 cm³/mol. The second kappa shape index (κ2) is 6.83. The predicted octanol–water partition coefficient (Wildman–Crippen LogP) is 2.99. The minimum Gasteiger partial charge on any atom is -0.487 e. The normalized spacial score (nSPS) is 23.1. The van der Waals surface area contributed by atoms with Crippen LogP contribution in [0.15, 0.2) is 18.2 Å². The van der Waals surface area contributed by atoms with Gasteiger partial charge in [-0.2, -0.15) is 0 Å². The number of benzene rings is 1. The van der Waals surface area contributed by atoms with Crippen LogP contribution in [-0.4, -0.2) is 26.2 Å². The molecule has 0 aliphatic carbocycles. The summed E-state index contributed by atoms with van der Waals surface area (Å²) in [6.45, 7) is 15.8. The molecule has 0 aromatic heterocycles. The van der Waals surface area contributed by atoms with E-state index >= 15 is 0 Å². The molecule has 21 heavy (non-hydrogen) atoms. The van der Waals surface area contributed by atoms with Crippen molar-refractivity contribution in [3.63, 3.8) is 0 Å². The first-order chi connectivity index (χ1) is 9.86. The number of aryl methyl sites for hydroxylation is 1. The van der Waals surface area contributed by atoms with Crippen molar-refractivity contribution in [3.8, 4) is 5.75 Å². The van der Waals surface area contributed by atoms with Crippen LogP contribution < -0.4 is 9.64 Å². The highest BCUT2D eigenvalue weighted by Gasteiger charge is 2.21. The Hall–Kier alpha value is -1.02. The van der Waals surface area contributed by atoms with E-state index in [0.717, 1.165) is 24.8 Å². The van der Waals surface area contributed by atoms with E-state index in [4.69, 9.17) is 4.74 Å². The number of quaternary nitrogens is 1. The fourth-order valence-electron chi connectivity index (χ4n) is 3.30. The van der Waals surface area contributed by atoms with Crippen LogP contribution in [0.4, 0.5) is 0 Å². The molecule has 1 unspecified atom stereocenters. The summed E-state index contributed by atoms with van der Waals surface area (Å²) in [6, 6.07) is 6.60. The number of ether oxygens (including phenoxy) is 1. The zero-order valence-corrected chi connectivity index (χ0v) is 14.5. The second-order valence-corrected chi connectivity index (χ2v) is 7.80. The molecule has 1 saturated heterocycles. The van der Waals surface area contributed by atoms with Gasteiger partial charge in [-0.05, 0) is 42.4 Å². The van der Waals surface area contributed by atoms with Crippen LogP contribution in [0.1, 0.15) is 51.7 Å². The van der Waals surface area contributed by atoms with Gasteiger partial charge >= 0.3 is 0 Å². The second-order valence-electron chi connectivity index (χ2n) is 7.80. The van der Waals surface area contributed by atoms with E-state index < -0.39 is 0 Å². The Morgan fingerprint density at radius 1 is 1.29 bits per heavy atom. The molecular formula is C19H32NO+. The molecule has 1 aliphatic rings. The van der Waals surface area contributed by atoms with Gasteiger partial charge in [0.05, 0.1) is 13.1 Å². The molecule has 1 aromatic carbocycles. The van der Waals surface area contributed by atoms with Crippen molar-refractivity contribution in [2.45, 2.75) is 52.9 Å². The van der Waals surface area contributed by atoms with Crippen LogP contribution in [-0.2, 0) is 5.41 Å². The van der Waals surface area contributed by atoms with Crippen LogP contribution in [0.5, 0.6) is 5.75 Å². The summed E-state index contributed by atoms with van der Waals surface area (Å²) in [5, 5.41) is 0. The lowest BCUT2D eigenvalue weighted by atomic mass is 9.86. The van der Waals surface area contributed by atoms with Gasteiger partial charge in [-0.15, -0.1) is 0 Å². The molecule has 118 valence electrons. The van der Waals surface area contributed by atoms with Gasteiger partial charge in [0.25, 0.3) is 0 Å². The summed E-state index contributed by atoms with van der Waals surface area (Å²) < 4.78 is 6.16. The molecule has 0 saturated carbocycles. The molecule has 1 fully saturated rings.